The highest BCUT2D eigenvalue weighted by molar-refractivity contribution is 5.78. The minimum atomic E-state index is -0.0433. The molecule has 2 rings (SSSR count). The lowest BCUT2D eigenvalue weighted by atomic mass is 10.2. The summed E-state index contributed by atoms with van der Waals surface area (Å²) in [6.45, 7) is 10.3. The molecule has 0 bridgehead atoms. The molecule has 0 radical (unpaired) electrons. The number of rotatable bonds is 4. The summed E-state index contributed by atoms with van der Waals surface area (Å²) in [5.41, 5.74) is 0. The van der Waals surface area contributed by atoms with Gasteiger partial charge < -0.3 is 9.64 Å². The van der Waals surface area contributed by atoms with Gasteiger partial charge in [-0.3, -0.25) is 14.6 Å². The molecule has 0 saturated carbocycles. The molecule has 2 heterocycles. The van der Waals surface area contributed by atoms with Crippen molar-refractivity contribution in [1.82, 2.24) is 14.7 Å². The number of likely N-dealkylation sites (N-methyl/N-ethyl adjacent to an activating group) is 1. The van der Waals surface area contributed by atoms with E-state index in [1.54, 1.807) is 4.90 Å². The van der Waals surface area contributed by atoms with E-state index in [0.717, 1.165) is 59.0 Å². The summed E-state index contributed by atoms with van der Waals surface area (Å²) in [5.74, 6) is -0.0433. The van der Waals surface area contributed by atoms with Crippen molar-refractivity contribution in [2.75, 3.05) is 59.0 Å². The van der Waals surface area contributed by atoms with Crippen LogP contribution in [0.3, 0.4) is 0 Å². The standard InChI is InChI=1S/C14H24N4O2/c1-2-16-9-10-20-13(11-16)12-17-5-7-18(8-6-17)14(19)3-4-15/h13H,2-3,5-12H2,1H3. The molecule has 2 fully saturated rings. The Morgan fingerprint density at radius 3 is 2.65 bits per heavy atom. The number of carbonyl (C=O) groups excluding carboxylic acids is 1. The SMILES string of the molecule is CCN1CCOC(CN2CCN(C(=O)CC#N)CC2)C1. The lowest BCUT2D eigenvalue weighted by molar-refractivity contribution is -0.132. The molecule has 1 atom stereocenters. The Morgan fingerprint density at radius 2 is 2.00 bits per heavy atom. The van der Waals surface area contributed by atoms with Crippen LogP contribution >= 0.6 is 0 Å². The Hall–Kier alpha value is -1.16. The molecule has 0 N–H and O–H groups in total. The van der Waals surface area contributed by atoms with Gasteiger partial charge in [0.05, 0.1) is 18.8 Å². The Labute approximate surface area is 120 Å². The fraction of sp³-hybridized carbons (Fsp3) is 0.857. The smallest absolute Gasteiger partial charge is 0.236 e. The van der Waals surface area contributed by atoms with Crippen molar-refractivity contribution >= 4 is 5.91 Å². The van der Waals surface area contributed by atoms with Crippen LogP contribution < -0.4 is 0 Å². The monoisotopic (exact) mass is 280 g/mol. The van der Waals surface area contributed by atoms with Crippen LogP contribution in [0.4, 0.5) is 0 Å². The third-order valence-electron chi connectivity index (χ3n) is 4.09. The summed E-state index contributed by atoms with van der Waals surface area (Å²) in [6, 6.07) is 1.92. The highest BCUT2D eigenvalue weighted by atomic mass is 16.5. The molecule has 0 spiro atoms. The van der Waals surface area contributed by atoms with E-state index in [0.29, 0.717) is 0 Å². The fourth-order valence-electron chi connectivity index (χ4n) is 2.83. The van der Waals surface area contributed by atoms with Crippen LogP contribution in [0.2, 0.25) is 0 Å². The van der Waals surface area contributed by atoms with E-state index in [-0.39, 0.29) is 18.4 Å². The Balaban J connectivity index is 1.71. The van der Waals surface area contributed by atoms with Gasteiger partial charge in [0.15, 0.2) is 0 Å². The van der Waals surface area contributed by atoms with Crippen molar-refractivity contribution in [3.63, 3.8) is 0 Å². The van der Waals surface area contributed by atoms with Gasteiger partial charge in [0.2, 0.25) is 5.91 Å². The molecule has 0 aromatic carbocycles. The van der Waals surface area contributed by atoms with Crippen molar-refractivity contribution in [1.29, 1.82) is 5.26 Å². The first-order chi connectivity index (χ1) is 9.72. The van der Waals surface area contributed by atoms with Crippen molar-refractivity contribution < 1.29 is 9.53 Å². The maximum Gasteiger partial charge on any atom is 0.236 e. The van der Waals surface area contributed by atoms with Gasteiger partial charge in [0.25, 0.3) is 0 Å². The molecule has 1 unspecified atom stereocenters. The van der Waals surface area contributed by atoms with Gasteiger partial charge in [0, 0.05) is 45.8 Å². The molecule has 2 saturated heterocycles. The zero-order chi connectivity index (χ0) is 14.4. The lowest BCUT2D eigenvalue weighted by Crippen LogP contribution is -2.53. The Bertz CT molecular complexity index is 361. The molecule has 6 heteroatoms. The van der Waals surface area contributed by atoms with Gasteiger partial charge >= 0.3 is 0 Å². The van der Waals surface area contributed by atoms with Gasteiger partial charge in [-0.2, -0.15) is 5.26 Å². The number of hydrogen-bond donors (Lipinski definition) is 0. The van der Waals surface area contributed by atoms with Crippen molar-refractivity contribution in [3.05, 3.63) is 0 Å². The van der Waals surface area contributed by atoms with E-state index in [2.05, 4.69) is 16.7 Å². The molecule has 0 aromatic heterocycles. The summed E-state index contributed by atoms with van der Waals surface area (Å²) >= 11 is 0. The average molecular weight is 280 g/mol. The predicted octanol–water partition coefficient (Wildman–Crippen LogP) is -0.235. The van der Waals surface area contributed by atoms with Gasteiger partial charge in [0.1, 0.15) is 6.42 Å². The topological polar surface area (TPSA) is 59.8 Å². The van der Waals surface area contributed by atoms with Crippen molar-refractivity contribution in [2.24, 2.45) is 0 Å². The third kappa shape index (κ3) is 4.17. The Morgan fingerprint density at radius 1 is 1.25 bits per heavy atom. The summed E-state index contributed by atoms with van der Waals surface area (Å²) in [7, 11) is 0. The number of nitriles is 1. The highest BCUT2D eigenvalue weighted by Gasteiger charge is 2.25. The number of piperazine rings is 1. The molecule has 1 amide bonds. The van der Waals surface area contributed by atoms with Gasteiger partial charge in [-0.05, 0) is 6.54 Å². The minimum absolute atomic E-state index is 0.00278. The number of nitrogens with zero attached hydrogens (tertiary/aromatic N) is 4. The maximum atomic E-state index is 11.6. The molecule has 112 valence electrons. The minimum Gasteiger partial charge on any atom is -0.374 e. The van der Waals surface area contributed by atoms with Crippen LogP contribution in [0.5, 0.6) is 0 Å². The van der Waals surface area contributed by atoms with Crippen LogP contribution in [0, 0.1) is 11.3 Å². The fourth-order valence-corrected chi connectivity index (χ4v) is 2.83. The third-order valence-corrected chi connectivity index (χ3v) is 4.09. The molecule has 6 nitrogen and oxygen atoms in total. The number of carbonyl (C=O) groups is 1. The lowest BCUT2D eigenvalue weighted by Gasteiger charge is -2.39. The first-order valence-electron chi connectivity index (χ1n) is 7.44. The Kier molecular flexibility index (Phi) is 5.77. The number of ether oxygens (including phenoxy) is 1. The second-order valence-corrected chi connectivity index (χ2v) is 5.40. The molecular weight excluding hydrogens is 256 g/mol. The molecule has 0 aromatic rings. The summed E-state index contributed by atoms with van der Waals surface area (Å²) in [5, 5.41) is 8.55. The first-order valence-corrected chi connectivity index (χ1v) is 7.44. The first kappa shape index (κ1) is 15.2. The largest absolute Gasteiger partial charge is 0.374 e. The molecule has 2 aliphatic heterocycles. The summed E-state index contributed by atoms with van der Waals surface area (Å²) < 4.78 is 5.82. The summed E-state index contributed by atoms with van der Waals surface area (Å²) in [6.07, 6.45) is 0.280. The second kappa shape index (κ2) is 7.58. The van der Waals surface area contributed by atoms with E-state index >= 15 is 0 Å². The van der Waals surface area contributed by atoms with E-state index in [4.69, 9.17) is 10.00 Å². The van der Waals surface area contributed by atoms with E-state index in [1.165, 1.54) is 0 Å². The average Bonchev–Trinajstić information content (AvgIpc) is 2.48. The van der Waals surface area contributed by atoms with Crippen LogP contribution in [0.15, 0.2) is 0 Å². The van der Waals surface area contributed by atoms with E-state index in [9.17, 15) is 4.79 Å². The van der Waals surface area contributed by atoms with Gasteiger partial charge in [-0.15, -0.1) is 0 Å². The van der Waals surface area contributed by atoms with Crippen molar-refractivity contribution in [3.8, 4) is 6.07 Å². The molecule has 2 aliphatic rings. The van der Waals surface area contributed by atoms with E-state index < -0.39 is 0 Å². The van der Waals surface area contributed by atoms with Crippen LogP contribution in [-0.4, -0.2) is 85.7 Å². The number of morpholine rings is 1. The predicted molar refractivity (Wildman–Crippen MR) is 75.1 cm³/mol. The quantitative estimate of drug-likeness (QED) is 0.711. The van der Waals surface area contributed by atoms with Crippen molar-refractivity contribution in [2.45, 2.75) is 19.4 Å². The van der Waals surface area contributed by atoms with Gasteiger partial charge in [-0.25, -0.2) is 0 Å². The van der Waals surface area contributed by atoms with E-state index in [1.807, 2.05) is 6.07 Å². The van der Waals surface area contributed by atoms with Gasteiger partial charge in [-0.1, -0.05) is 6.92 Å². The zero-order valence-corrected chi connectivity index (χ0v) is 12.3. The van der Waals surface area contributed by atoms with Crippen LogP contribution in [-0.2, 0) is 9.53 Å². The van der Waals surface area contributed by atoms with Crippen LogP contribution in [0.25, 0.3) is 0 Å². The zero-order valence-electron chi connectivity index (χ0n) is 12.3. The second-order valence-electron chi connectivity index (χ2n) is 5.40. The summed E-state index contributed by atoms with van der Waals surface area (Å²) in [4.78, 5) is 18.2. The number of hydrogen-bond acceptors (Lipinski definition) is 5. The molecule has 0 aliphatic carbocycles. The molecular formula is C14H24N4O2. The normalized spacial score (nSPS) is 25.4. The van der Waals surface area contributed by atoms with Crippen LogP contribution in [0.1, 0.15) is 13.3 Å². The maximum absolute atomic E-state index is 11.6. The number of amides is 1. The molecule has 20 heavy (non-hydrogen) atoms. The highest BCUT2D eigenvalue weighted by Crippen LogP contribution is 2.09.